The maximum absolute atomic E-state index is 12.5. The third-order valence-corrected chi connectivity index (χ3v) is 5.50. The largest absolute Gasteiger partial charge is 0.458 e. The van der Waals surface area contributed by atoms with E-state index in [1.54, 1.807) is 30.3 Å². The summed E-state index contributed by atoms with van der Waals surface area (Å²) in [7, 11) is 0. The highest BCUT2D eigenvalue weighted by Crippen LogP contribution is 2.32. The maximum Gasteiger partial charge on any atom is 0.338 e. The van der Waals surface area contributed by atoms with E-state index < -0.39 is 24.1 Å². The summed E-state index contributed by atoms with van der Waals surface area (Å²) in [6.45, 7) is 1.33. The number of hydrogen-bond acceptors (Lipinski definition) is 5. The summed E-state index contributed by atoms with van der Waals surface area (Å²) in [6.07, 6.45) is 1.87. The molecule has 1 heterocycles. The van der Waals surface area contributed by atoms with Crippen molar-refractivity contribution in [3.63, 3.8) is 0 Å². The van der Waals surface area contributed by atoms with Crippen molar-refractivity contribution in [2.24, 2.45) is 0 Å². The molecule has 1 aliphatic heterocycles. The SMILES string of the molecule is Cc1ccc(C#Cc2ccc(C(=O)OC[C@@]3(CO)C/C(=C/c4ccccc4)C(=O)O3)cc2)cc1. The van der Waals surface area contributed by atoms with Crippen molar-refractivity contribution >= 4 is 18.0 Å². The lowest BCUT2D eigenvalue weighted by molar-refractivity contribution is -0.154. The number of rotatable bonds is 5. The summed E-state index contributed by atoms with van der Waals surface area (Å²) in [6, 6.07) is 24.0. The Balaban J connectivity index is 1.38. The van der Waals surface area contributed by atoms with Crippen LogP contribution in [0.2, 0.25) is 0 Å². The van der Waals surface area contributed by atoms with Gasteiger partial charge in [-0.05, 0) is 55.0 Å². The van der Waals surface area contributed by atoms with Gasteiger partial charge in [0.05, 0.1) is 12.2 Å². The lowest BCUT2D eigenvalue weighted by Crippen LogP contribution is -2.39. The van der Waals surface area contributed by atoms with Gasteiger partial charge in [-0.25, -0.2) is 9.59 Å². The van der Waals surface area contributed by atoms with Gasteiger partial charge in [0.2, 0.25) is 0 Å². The van der Waals surface area contributed by atoms with E-state index in [1.807, 2.05) is 61.5 Å². The lowest BCUT2D eigenvalue weighted by atomic mass is 9.98. The maximum atomic E-state index is 12.5. The summed E-state index contributed by atoms with van der Waals surface area (Å²) in [5.74, 6) is 5.07. The Morgan fingerprint density at radius 2 is 1.62 bits per heavy atom. The Kier molecular flexibility index (Phi) is 6.91. The monoisotopic (exact) mass is 452 g/mol. The first-order valence-electron chi connectivity index (χ1n) is 10.9. The summed E-state index contributed by atoms with van der Waals surface area (Å²) in [4.78, 5) is 24.9. The highest BCUT2D eigenvalue weighted by molar-refractivity contribution is 5.96. The van der Waals surface area contributed by atoms with Gasteiger partial charge in [0.15, 0.2) is 5.60 Å². The normalized spacial score (nSPS) is 18.2. The van der Waals surface area contributed by atoms with Crippen molar-refractivity contribution in [2.45, 2.75) is 18.9 Å². The third-order valence-electron chi connectivity index (χ3n) is 5.50. The first-order chi connectivity index (χ1) is 16.5. The van der Waals surface area contributed by atoms with Gasteiger partial charge in [0, 0.05) is 23.1 Å². The summed E-state index contributed by atoms with van der Waals surface area (Å²) >= 11 is 0. The van der Waals surface area contributed by atoms with Crippen LogP contribution < -0.4 is 0 Å². The minimum absolute atomic E-state index is 0.151. The molecular formula is C29H24O5. The molecule has 0 amide bonds. The van der Waals surface area contributed by atoms with Crippen LogP contribution >= 0.6 is 0 Å². The van der Waals surface area contributed by atoms with E-state index in [0.29, 0.717) is 11.1 Å². The van der Waals surface area contributed by atoms with Gasteiger partial charge in [-0.2, -0.15) is 0 Å². The minimum Gasteiger partial charge on any atom is -0.458 e. The smallest absolute Gasteiger partial charge is 0.338 e. The fourth-order valence-corrected chi connectivity index (χ4v) is 3.54. The highest BCUT2D eigenvalue weighted by Gasteiger charge is 2.44. The number of benzene rings is 3. The second kappa shape index (κ2) is 10.2. The number of hydrogen-bond donors (Lipinski definition) is 1. The Morgan fingerprint density at radius 3 is 2.24 bits per heavy atom. The molecule has 3 aromatic rings. The van der Waals surface area contributed by atoms with Gasteiger partial charge in [0.25, 0.3) is 0 Å². The van der Waals surface area contributed by atoms with Crippen LogP contribution in [-0.2, 0) is 14.3 Å². The van der Waals surface area contributed by atoms with Crippen molar-refractivity contribution in [3.05, 3.63) is 112 Å². The van der Waals surface area contributed by atoms with Gasteiger partial charge >= 0.3 is 11.9 Å². The average Bonchev–Trinajstić information content (AvgIpc) is 3.18. The van der Waals surface area contributed by atoms with Crippen molar-refractivity contribution in [1.29, 1.82) is 0 Å². The zero-order valence-corrected chi connectivity index (χ0v) is 18.8. The van der Waals surface area contributed by atoms with Gasteiger partial charge in [0.1, 0.15) is 6.61 Å². The van der Waals surface area contributed by atoms with Gasteiger partial charge < -0.3 is 14.6 Å². The Bertz CT molecular complexity index is 1260. The Labute approximate surface area is 198 Å². The molecule has 0 aliphatic carbocycles. The number of carbonyl (C=O) groups is 2. The molecule has 1 fully saturated rings. The van der Waals surface area contributed by atoms with Crippen LogP contribution in [-0.4, -0.2) is 35.9 Å². The number of aryl methyl sites for hydroxylation is 1. The highest BCUT2D eigenvalue weighted by atomic mass is 16.6. The van der Waals surface area contributed by atoms with Crippen LogP contribution in [0.15, 0.2) is 84.4 Å². The standard InChI is InChI=1S/C29H24O5/c1-21-7-9-22(10-8-21)11-12-23-13-15-25(16-14-23)27(31)33-20-29(19-30)18-26(28(32)34-29)17-24-5-3-2-4-6-24/h2-10,13-17,30H,18-20H2,1H3/b26-17-/t29-/m0/s1. The average molecular weight is 453 g/mol. The van der Waals surface area contributed by atoms with Gasteiger partial charge in [-0.1, -0.05) is 59.9 Å². The summed E-state index contributed by atoms with van der Waals surface area (Å²) in [5.41, 5.74) is 3.19. The number of carbonyl (C=O) groups excluding carboxylic acids is 2. The molecule has 1 saturated heterocycles. The number of aliphatic hydroxyl groups excluding tert-OH is 1. The van der Waals surface area contributed by atoms with Crippen LogP contribution in [0.4, 0.5) is 0 Å². The van der Waals surface area contributed by atoms with Crippen molar-refractivity contribution in [2.75, 3.05) is 13.2 Å². The predicted molar refractivity (Wildman–Crippen MR) is 129 cm³/mol. The molecule has 0 aromatic heterocycles. The molecule has 1 N–H and O–H groups in total. The predicted octanol–water partition coefficient (Wildman–Crippen LogP) is 4.31. The fraction of sp³-hybridized carbons (Fsp3) is 0.172. The zero-order valence-electron chi connectivity index (χ0n) is 18.8. The molecule has 0 radical (unpaired) electrons. The molecule has 0 saturated carbocycles. The molecule has 0 unspecified atom stereocenters. The van der Waals surface area contributed by atoms with Crippen molar-refractivity contribution in [1.82, 2.24) is 0 Å². The van der Waals surface area contributed by atoms with Crippen LogP contribution in [0.5, 0.6) is 0 Å². The van der Waals surface area contributed by atoms with E-state index in [0.717, 1.165) is 16.7 Å². The van der Waals surface area contributed by atoms with E-state index in [4.69, 9.17) is 9.47 Å². The Hall–Kier alpha value is -4.14. The molecule has 170 valence electrons. The molecule has 5 nitrogen and oxygen atoms in total. The first kappa shape index (κ1) is 23.0. The Morgan fingerprint density at radius 1 is 1.00 bits per heavy atom. The minimum atomic E-state index is -1.28. The summed E-state index contributed by atoms with van der Waals surface area (Å²) < 4.78 is 10.8. The lowest BCUT2D eigenvalue weighted by Gasteiger charge is -2.24. The molecule has 3 aromatic carbocycles. The molecule has 1 aliphatic rings. The van der Waals surface area contributed by atoms with Gasteiger partial charge in [-0.3, -0.25) is 0 Å². The van der Waals surface area contributed by atoms with Crippen LogP contribution in [0.25, 0.3) is 6.08 Å². The quantitative estimate of drug-likeness (QED) is 0.355. The first-order valence-corrected chi connectivity index (χ1v) is 10.9. The van der Waals surface area contributed by atoms with Crippen LogP contribution in [0.3, 0.4) is 0 Å². The number of cyclic esters (lactones) is 1. The molecule has 34 heavy (non-hydrogen) atoms. The van der Waals surface area contributed by atoms with Crippen molar-refractivity contribution < 1.29 is 24.2 Å². The van der Waals surface area contributed by atoms with E-state index in [-0.39, 0.29) is 13.0 Å². The van der Waals surface area contributed by atoms with E-state index >= 15 is 0 Å². The number of ether oxygens (including phenoxy) is 2. The molecule has 0 bridgehead atoms. The summed E-state index contributed by atoms with van der Waals surface area (Å²) in [5, 5.41) is 9.90. The molecular weight excluding hydrogens is 428 g/mol. The molecule has 5 heteroatoms. The van der Waals surface area contributed by atoms with Crippen molar-refractivity contribution in [3.8, 4) is 11.8 Å². The van der Waals surface area contributed by atoms with E-state index in [9.17, 15) is 14.7 Å². The fourth-order valence-electron chi connectivity index (χ4n) is 3.54. The number of aliphatic hydroxyl groups is 1. The zero-order chi connectivity index (χ0) is 24.0. The van der Waals surface area contributed by atoms with Gasteiger partial charge in [-0.15, -0.1) is 0 Å². The number of esters is 2. The molecule has 4 rings (SSSR count). The second-order valence-corrected chi connectivity index (χ2v) is 8.26. The van der Waals surface area contributed by atoms with E-state index in [2.05, 4.69) is 11.8 Å². The van der Waals surface area contributed by atoms with E-state index in [1.165, 1.54) is 5.56 Å². The molecule has 0 spiro atoms. The molecule has 1 atom stereocenters. The second-order valence-electron chi connectivity index (χ2n) is 8.26. The third kappa shape index (κ3) is 5.61. The topological polar surface area (TPSA) is 72.8 Å². The van der Waals surface area contributed by atoms with Crippen LogP contribution in [0, 0.1) is 18.8 Å². The van der Waals surface area contributed by atoms with Crippen LogP contribution in [0.1, 0.15) is 39.0 Å².